The van der Waals surface area contributed by atoms with Crippen molar-refractivity contribution < 1.29 is 19.1 Å². The summed E-state index contributed by atoms with van der Waals surface area (Å²) in [6.07, 6.45) is 18.0. The van der Waals surface area contributed by atoms with Crippen molar-refractivity contribution in [2.45, 2.75) is 159 Å². The van der Waals surface area contributed by atoms with Crippen molar-refractivity contribution in [3.63, 3.8) is 0 Å². The van der Waals surface area contributed by atoms with E-state index in [0.717, 1.165) is 127 Å². The van der Waals surface area contributed by atoms with Crippen molar-refractivity contribution in [3.8, 4) is 0 Å². The quantitative estimate of drug-likeness (QED) is 0.0626. The van der Waals surface area contributed by atoms with Gasteiger partial charge < -0.3 is 25.4 Å². The predicted molar refractivity (Wildman–Crippen MR) is 279 cm³/mol. The lowest BCUT2D eigenvalue weighted by atomic mass is 9.54. The molecular formula is C56H67ClN10O4. The molecule has 7 aromatic rings. The van der Waals surface area contributed by atoms with Gasteiger partial charge in [-0.25, -0.2) is 24.5 Å². The number of ether oxygens (including phenoxy) is 2. The molecule has 71 heavy (non-hydrogen) atoms. The number of nitrogens with zero attached hydrogens (tertiary/aromatic N) is 6. The number of nitrogens with two attached hydrogens (primary N) is 1. The zero-order valence-corrected chi connectivity index (χ0v) is 42.7. The topological polar surface area (TPSA) is 184 Å². The first-order chi connectivity index (χ1) is 34.0. The standard InChI is InChI=1S/C28H34ClN5O2.C28H33N5O2/c1-26(2,3)36-25(35)34(18-19-7-5-4-6-8-19)28-13-10-27(11-14-28,12-15-28)23(33-30)22-20-9-16-31-24(20)32-17-21(22)29;1-26(2,3)35-25(34)33(18-19-7-5-4-6-8-19)28-13-10-27(11-14-28,12-15-28)23-22-20-9-16-29-24(20)30-17-21(22)31-32-23/h4-9,16-17H,10-15,18,30H2,1-3H3,(H,31,32);4-9,16-17,31-32H,10-15,18H2,1-3H3. The fourth-order valence-electron chi connectivity index (χ4n) is 12.5. The van der Waals surface area contributed by atoms with Crippen molar-refractivity contribution >= 4 is 62.5 Å². The third-order valence-corrected chi connectivity index (χ3v) is 16.5. The molecule has 372 valence electrons. The molecule has 0 aliphatic heterocycles. The first-order valence-corrected chi connectivity index (χ1v) is 25.6. The number of hydrogen-bond donors (Lipinski definition) is 4. The van der Waals surface area contributed by atoms with E-state index >= 15 is 0 Å². The second-order valence-electron chi connectivity index (χ2n) is 22.7. The van der Waals surface area contributed by atoms with Crippen LogP contribution in [0.4, 0.5) is 9.59 Å². The molecule has 0 radical (unpaired) electrons. The molecular weight excluding hydrogens is 912 g/mol. The molecule has 5 heterocycles. The fourth-order valence-corrected chi connectivity index (χ4v) is 12.7. The maximum atomic E-state index is 13.5. The molecule has 4 bridgehead atoms. The summed E-state index contributed by atoms with van der Waals surface area (Å²) in [7, 11) is 0. The normalized spacial score (nSPS) is 24.2. The zero-order chi connectivity index (χ0) is 49.8. The Hall–Kier alpha value is -6.41. The van der Waals surface area contributed by atoms with Gasteiger partial charge in [0.15, 0.2) is 5.65 Å². The maximum Gasteiger partial charge on any atom is 0.411 e. The number of benzene rings is 2. The number of aromatic amines is 3. The van der Waals surface area contributed by atoms with E-state index in [0.29, 0.717) is 18.1 Å². The van der Waals surface area contributed by atoms with Crippen LogP contribution in [0.15, 0.2) is 103 Å². The highest BCUT2D eigenvalue weighted by atomic mass is 35.5. The molecule has 14 nitrogen and oxygen atoms in total. The van der Waals surface area contributed by atoms with Crippen molar-refractivity contribution in [1.29, 1.82) is 0 Å². The minimum absolute atomic E-state index is 0.0674. The van der Waals surface area contributed by atoms with Gasteiger partial charge in [0.25, 0.3) is 0 Å². The van der Waals surface area contributed by atoms with Crippen LogP contribution in [0.5, 0.6) is 0 Å². The van der Waals surface area contributed by atoms with Gasteiger partial charge in [0.05, 0.1) is 22.4 Å². The van der Waals surface area contributed by atoms with E-state index < -0.39 is 11.2 Å². The third-order valence-electron chi connectivity index (χ3n) is 16.2. The summed E-state index contributed by atoms with van der Waals surface area (Å²) in [5.74, 6) is 6.07. The summed E-state index contributed by atoms with van der Waals surface area (Å²) in [4.78, 5) is 47.5. The largest absolute Gasteiger partial charge is 0.444 e. The molecule has 2 amide bonds. The second kappa shape index (κ2) is 18.3. The van der Waals surface area contributed by atoms with Crippen LogP contribution in [0.1, 0.15) is 141 Å². The summed E-state index contributed by atoms with van der Waals surface area (Å²) in [5.41, 5.74) is 6.18. The molecule has 6 fully saturated rings. The number of carbonyl (C=O) groups is 2. The Morgan fingerprint density at radius 1 is 0.676 bits per heavy atom. The van der Waals surface area contributed by atoms with Crippen LogP contribution in [0.25, 0.3) is 33.0 Å². The Labute approximate surface area is 420 Å². The highest BCUT2D eigenvalue weighted by molar-refractivity contribution is 6.36. The molecule has 2 aromatic carbocycles. The van der Waals surface area contributed by atoms with Gasteiger partial charge in [-0.15, -0.1) is 0 Å². The smallest absolute Gasteiger partial charge is 0.411 e. The Balaban J connectivity index is 0.000000164. The molecule has 0 atom stereocenters. The Morgan fingerprint density at radius 2 is 1.21 bits per heavy atom. The molecule has 0 unspecified atom stereocenters. The second-order valence-corrected chi connectivity index (χ2v) is 23.1. The fraction of sp³-hybridized carbons (Fsp3) is 0.464. The molecule has 6 aliphatic carbocycles. The highest BCUT2D eigenvalue weighted by Crippen LogP contribution is 2.59. The summed E-state index contributed by atoms with van der Waals surface area (Å²) >= 11 is 6.67. The van der Waals surface area contributed by atoms with Gasteiger partial charge in [-0.3, -0.25) is 14.9 Å². The summed E-state index contributed by atoms with van der Waals surface area (Å²) in [6.45, 7) is 12.7. The van der Waals surface area contributed by atoms with Gasteiger partial charge in [-0.2, -0.15) is 5.10 Å². The van der Waals surface area contributed by atoms with E-state index in [1.54, 1.807) is 6.20 Å². The van der Waals surface area contributed by atoms with Crippen molar-refractivity contribution in [3.05, 3.63) is 125 Å². The summed E-state index contributed by atoms with van der Waals surface area (Å²) in [6, 6.07) is 24.5. The molecule has 6 aliphatic rings. The van der Waals surface area contributed by atoms with Gasteiger partial charge >= 0.3 is 12.2 Å². The van der Waals surface area contributed by atoms with E-state index in [1.165, 1.54) is 11.1 Å². The number of aromatic nitrogens is 6. The number of hydrogen-bond acceptors (Lipinski definition) is 9. The van der Waals surface area contributed by atoms with Crippen LogP contribution in [0.3, 0.4) is 0 Å². The van der Waals surface area contributed by atoms with Crippen LogP contribution >= 0.6 is 11.6 Å². The number of amides is 2. The lowest BCUT2D eigenvalue weighted by Gasteiger charge is -2.57. The van der Waals surface area contributed by atoms with Gasteiger partial charge in [0.1, 0.15) is 16.8 Å². The summed E-state index contributed by atoms with van der Waals surface area (Å²) < 4.78 is 11.8. The first kappa shape index (κ1) is 48.2. The van der Waals surface area contributed by atoms with Crippen LogP contribution in [0.2, 0.25) is 5.02 Å². The molecule has 0 saturated heterocycles. The molecule has 15 heteroatoms. The van der Waals surface area contributed by atoms with Crippen LogP contribution in [-0.2, 0) is 28.0 Å². The predicted octanol–water partition coefficient (Wildman–Crippen LogP) is 12.6. The lowest BCUT2D eigenvalue weighted by molar-refractivity contribution is -0.0513. The molecule has 13 rings (SSSR count). The van der Waals surface area contributed by atoms with E-state index in [-0.39, 0.29) is 34.1 Å². The van der Waals surface area contributed by atoms with Gasteiger partial charge in [0.2, 0.25) is 0 Å². The zero-order valence-electron chi connectivity index (χ0n) is 41.9. The van der Waals surface area contributed by atoms with Crippen molar-refractivity contribution in [2.75, 3.05) is 0 Å². The van der Waals surface area contributed by atoms with E-state index in [2.05, 4.69) is 65.6 Å². The average Bonchev–Trinajstić information content (AvgIpc) is 4.15. The van der Waals surface area contributed by atoms with Gasteiger partial charge in [0, 0.05) is 81.0 Å². The molecule has 5 aromatic heterocycles. The number of halogens is 1. The number of nitrogens with one attached hydrogen (secondary N) is 3. The van der Waals surface area contributed by atoms with Crippen LogP contribution < -0.4 is 5.84 Å². The Kier molecular flexibility index (Phi) is 12.4. The Morgan fingerprint density at radius 3 is 1.73 bits per heavy atom. The van der Waals surface area contributed by atoms with E-state index in [4.69, 9.17) is 26.9 Å². The number of H-pyrrole nitrogens is 3. The monoisotopic (exact) mass is 979 g/mol. The highest BCUT2D eigenvalue weighted by Gasteiger charge is 2.57. The average molecular weight is 980 g/mol. The number of carbonyl (C=O) groups excluding carboxylic acids is 2. The van der Waals surface area contributed by atoms with Crippen LogP contribution in [-0.4, -0.2) is 80.1 Å². The van der Waals surface area contributed by atoms with Gasteiger partial charge in [-0.1, -0.05) is 72.3 Å². The lowest BCUT2D eigenvalue weighted by Crippen LogP contribution is -2.60. The third kappa shape index (κ3) is 9.12. The van der Waals surface area contributed by atoms with Crippen molar-refractivity contribution in [1.82, 2.24) is 39.9 Å². The number of rotatable bonds is 9. The van der Waals surface area contributed by atoms with E-state index in [9.17, 15) is 9.59 Å². The Bertz CT molecular complexity index is 3040. The SMILES string of the molecule is CC(C)(C)OC(=O)N(Cc1ccccc1)C12CCC(C(=NN)c3c(Cl)cnc4[nH]ccc34)(CC1)CC2.CC(C)(C)OC(=O)N(Cc1ccccc1)C12CCC(c3[nH][nH]c4cnc5nccc5c34)(CC1)CC2. The first-order valence-electron chi connectivity index (χ1n) is 25.2. The van der Waals surface area contributed by atoms with Crippen LogP contribution in [0, 0.1) is 5.41 Å². The number of fused-ring (bicyclic) bond motifs is 10. The number of hydrazone groups is 1. The minimum Gasteiger partial charge on any atom is -0.444 e. The number of pyridine rings is 2. The molecule has 5 N–H and O–H groups in total. The summed E-state index contributed by atoms with van der Waals surface area (Å²) in [5, 5.41) is 15.0. The maximum absolute atomic E-state index is 13.5. The molecule has 0 spiro atoms. The van der Waals surface area contributed by atoms with Gasteiger partial charge in [-0.05, 0) is 142 Å². The van der Waals surface area contributed by atoms with Crippen molar-refractivity contribution in [2.24, 2.45) is 16.4 Å². The minimum atomic E-state index is -0.560. The molecule has 6 saturated carbocycles. The van der Waals surface area contributed by atoms with E-state index in [1.807, 2.05) is 112 Å².